The Morgan fingerprint density at radius 3 is 2.83 bits per heavy atom. The molecule has 0 radical (unpaired) electrons. The third kappa shape index (κ3) is 3.65. The van der Waals surface area contributed by atoms with Gasteiger partial charge in [0.2, 0.25) is 5.91 Å². The van der Waals surface area contributed by atoms with Crippen molar-refractivity contribution in [3.63, 3.8) is 0 Å². The zero-order chi connectivity index (χ0) is 17.2. The van der Waals surface area contributed by atoms with E-state index in [1.807, 2.05) is 0 Å². The number of hydrogen-bond acceptors (Lipinski definition) is 6. The first kappa shape index (κ1) is 16.9. The molecule has 1 aliphatic heterocycles. The molecular formula is C13H18N4O6. The van der Waals surface area contributed by atoms with Gasteiger partial charge in [0.1, 0.15) is 17.9 Å². The number of nitro groups is 1. The molecule has 10 heteroatoms. The van der Waals surface area contributed by atoms with E-state index >= 15 is 0 Å². The van der Waals surface area contributed by atoms with Crippen LogP contribution >= 0.6 is 0 Å². The number of carbonyl (C=O) groups is 2. The Labute approximate surface area is 131 Å². The van der Waals surface area contributed by atoms with Gasteiger partial charge in [-0.1, -0.05) is 0 Å². The number of carboxylic acid groups (broad SMARTS) is 1. The number of aliphatic carboxylic acids is 1. The van der Waals surface area contributed by atoms with Crippen molar-refractivity contribution in [3.05, 3.63) is 22.5 Å². The van der Waals surface area contributed by atoms with Gasteiger partial charge >= 0.3 is 11.7 Å². The van der Waals surface area contributed by atoms with E-state index < -0.39 is 22.5 Å². The lowest BCUT2D eigenvalue weighted by molar-refractivity contribution is -0.385. The Kier molecular flexibility index (Phi) is 4.64. The first-order chi connectivity index (χ1) is 10.7. The quantitative estimate of drug-likeness (QED) is 0.606. The number of amides is 1. The topological polar surface area (TPSA) is 128 Å². The molecule has 2 heterocycles. The van der Waals surface area contributed by atoms with Crippen LogP contribution in [0.1, 0.15) is 20.3 Å². The minimum Gasteiger partial charge on any atom is -0.481 e. The van der Waals surface area contributed by atoms with Gasteiger partial charge in [0, 0.05) is 13.1 Å². The van der Waals surface area contributed by atoms with E-state index in [1.165, 1.54) is 15.8 Å². The van der Waals surface area contributed by atoms with Gasteiger partial charge in [0.25, 0.3) is 0 Å². The molecule has 0 bridgehead atoms. The molecule has 23 heavy (non-hydrogen) atoms. The fraction of sp³-hybridized carbons (Fsp3) is 0.615. The van der Waals surface area contributed by atoms with Crippen LogP contribution in [0.15, 0.2) is 12.4 Å². The molecule has 0 aliphatic carbocycles. The summed E-state index contributed by atoms with van der Waals surface area (Å²) >= 11 is 0. The monoisotopic (exact) mass is 326 g/mol. The predicted octanol–water partition coefficient (Wildman–Crippen LogP) is 0.229. The molecule has 0 spiro atoms. The van der Waals surface area contributed by atoms with E-state index in [1.54, 1.807) is 13.8 Å². The lowest BCUT2D eigenvalue weighted by atomic mass is 10.0. The molecular weight excluding hydrogens is 308 g/mol. The molecule has 1 atom stereocenters. The van der Waals surface area contributed by atoms with Crippen LogP contribution in [0.25, 0.3) is 0 Å². The molecule has 1 unspecified atom stereocenters. The van der Waals surface area contributed by atoms with Crippen LogP contribution in [0.3, 0.4) is 0 Å². The van der Waals surface area contributed by atoms with Crippen LogP contribution in [0, 0.1) is 10.1 Å². The summed E-state index contributed by atoms with van der Waals surface area (Å²) in [6, 6.07) is 0. The molecule has 2 rings (SSSR count). The van der Waals surface area contributed by atoms with E-state index in [4.69, 9.17) is 9.84 Å². The van der Waals surface area contributed by atoms with Crippen LogP contribution in [0.5, 0.6) is 0 Å². The average Bonchev–Trinajstić information content (AvgIpc) is 2.96. The van der Waals surface area contributed by atoms with Crippen molar-refractivity contribution in [3.8, 4) is 0 Å². The second-order valence-corrected chi connectivity index (χ2v) is 5.80. The summed E-state index contributed by atoms with van der Waals surface area (Å²) in [4.78, 5) is 35.2. The highest BCUT2D eigenvalue weighted by Gasteiger charge is 2.38. The molecule has 126 valence electrons. The number of ether oxygens (including phenoxy) is 1. The SMILES string of the molecule is CC(C)(C(=O)N1CCOC(CC(=O)O)C1)n1cc([N+](=O)[O-])cn1. The zero-order valence-electron chi connectivity index (χ0n) is 12.8. The maximum absolute atomic E-state index is 12.7. The first-order valence-corrected chi connectivity index (χ1v) is 7.04. The minimum absolute atomic E-state index is 0.165. The number of hydrogen-bond donors (Lipinski definition) is 1. The van der Waals surface area contributed by atoms with Crippen molar-refractivity contribution < 1.29 is 24.4 Å². The molecule has 0 aromatic carbocycles. The second kappa shape index (κ2) is 6.32. The fourth-order valence-electron chi connectivity index (χ4n) is 2.42. The number of rotatable bonds is 5. The summed E-state index contributed by atoms with van der Waals surface area (Å²) in [6.07, 6.45) is 1.54. The first-order valence-electron chi connectivity index (χ1n) is 7.04. The average molecular weight is 326 g/mol. The summed E-state index contributed by atoms with van der Waals surface area (Å²) in [7, 11) is 0. The third-order valence-electron chi connectivity index (χ3n) is 3.70. The van der Waals surface area contributed by atoms with Gasteiger partial charge in [-0.3, -0.25) is 24.4 Å². The van der Waals surface area contributed by atoms with Gasteiger partial charge in [-0.15, -0.1) is 0 Å². The molecule has 1 amide bonds. The molecule has 1 fully saturated rings. The van der Waals surface area contributed by atoms with Gasteiger partial charge in [-0.2, -0.15) is 5.10 Å². The Balaban J connectivity index is 2.13. The van der Waals surface area contributed by atoms with Crippen LogP contribution < -0.4 is 0 Å². The molecule has 1 saturated heterocycles. The highest BCUT2D eigenvalue weighted by molar-refractivity contribution is 5.84. The van der Waals surface area contributed by atoms with Crippen molar-refractivity contribution in [2.45, 2.75) is 31.9 Å². The lowest BCUT2D eigenvalue weighted by Crippen LogP contribution is -2.53. The van der Waals surface area contributed by atoms with E-state index in [0.717, 1.165) is 6.20 Å². The number of carbonyl (C=O) groups excluding carboxylic acids is 1. The van der Waals surface area contributed by atoms with Crippen LogP contribution in [0.4, 0.5) is 5.69 Å². The molecule has 1 aromatic heterocycles. The van der Waals surface area contributed by atoms with E-state index in [0.29, 0.717) is 6.54 Å². The van der Waals surface area contributed by atoms with Crippen molar-refractivity contribution in [1.82, 2.24) is 14.7 Å². The molecule has 1 aromatic rings. The van der Waals surface area contributed by atoms with Gasteiger partial charge < -0.3 is 14.7 Å². The maximum atomic E-state index is 12.7. The Morgan fingerprint density at radius 2 is 2.26 bits per heavy atom. The maximum Gasteiger partial charge on any atom is 0.307 e. The summed E-state index contributed by atoms with van der Waals surface area (Å²) in [5.41, 5.74) is -1.32. The molecule has 1 aliphatic rings. The normalized spacial score (nSPS) is 18.7. The Morgan fingerprint density at radius 1 is 1.57 bits per heavy atom. The fourth-order valence-corrected chi connectivity index (χ4v) is 2.42. The molecule has 1 N–H and O–H groups in total. The van der Waals surface area contributed by atoms with Gasteiger partial charge in [-0.05, 0) is 13.8 Å². The van der Waals surface area contributed by atoms with Crippen molar-refractivity contribution in [2.24, 2.45) is 0 Å². The number of nitrogens with zero attached hydrogens (tertiary/aromatic N) is 4. The number of aromatic nitrogens is 2. The Hall–Kier alpha value is -2.49. The van der Waals surface area contributed by atoms with E-state index in [9.17, 15) is 19.7 Å². The Bertz CT molecular complexity index is 626. The van der Waals surface area contributed by atoms with E-state index in [-0.39, 0.29) is 31.2 Å². The van der Waals surface area contributed by atoms with Crippen molar-refractivity contribution in [2.75, 3.05) is 19.7 Å². The minimum atomic E-state index is -1.13. The standard InChI is InChI=1S/C13H18N4O6/c1-13(2,16-7-9(6-14-16)17(21)22)12(20)15-3-4-23-10(8-15)5-11(18)19/h6-7,10H,3-5,8H2,1-2H3,(H,18,19). The largest absolute Gasteiger partial charge is 0.481 e. The van der Waals surface area contributed by atoms with Crippen LogP contribution in [-0.4, -0.2) is 62.4 Å². The predicted molar refractivity (Wildman–Crippen MR) is 76.8 cm³/mol. The zero-order valence-corrected chi connectivity index (χ0v) is 12.8. The second-order valence-electron chi connectivity index (χ2n) is 5.80. The van der Waals surface area contributed by atoms with Crippen molar-refractivity contribution >= 4 is 17.6 Å². The summed E-state index contributed by atoms with van der Waals surface area (Å²) in [5.74, 6) is -1.29. The third-order valence-corrected chi connectivity index (χ3v) is 3.70. The smallest absolute Gasteiger partial charge is 0.307 e. The number of carboxylic acids is 1. The summed E-state index contributed by atoms with van der Waals surface area (Å²) < 4.78 is 6.58. The number of morpholine rings is 1. The molecule has 0 saturated carbocycles. The highest BCUT2D eigenvalue weighted by Crippen LogP contribution is 2.22. The van der Waals surface area contributed by atoms with Crippen molar-refractivity contribution in [1.29, 1.82) is 0 Å². The van der Waals surface area contributed by atoms with Gasteiger partial charge in [0.15, 0.2) is 0 Å². The van der Waals surface area contributed by atoms with Crippen LogP contribution in [0.2, 0.25) is 0 Å². The van der Waals surface area contributed by atoms with E-state index in [2.05, 4.69) is 5.10 Å². The van der Waals surface area contributed by atoms with Gasteiger partial charge in [0.05, 0.1) is 24.1 Å². The van der Waals surface area contributed by atoms with Crippen LogP contribution in [-0.2, 0) is 19.9 Å². The summed E-state index contributed by atoms with van der Waals surface area (Å²) in [6.45, 7) is 3.96. The van der Waals surface area contributed by atoms with Gasteiger partial charge in [-0.25, -0.2) is 0 Å². The lowest BCUT2D eigenvalue weighted by Gasteiger charge is -2.37. The molecule has 10 nitrogen and oxygen atoms in total. The highest BCUT2D eigenvalue weighted by atomic mass is 16.6. The summed E-state index contributed by atoms with van der Waals surface area (Å²) in [5, 5.41) is 23.5.